The lowest BCUT2D eigenvalue weighted by atomic mass is 10.1. The van der Waals surface area contributed by atoms with Gasteiger partial charge in [0, 0.05) is 50.8 Å². The molecule has 0 aliphatic carbocycles. The lowest BCUT2D eigenvalue weighted by Crippen LogP contribution is -2.38. The van der Waals surface area contributed by atoms with E-state index < -0.39 is 15.9 Å². The van der Waals surface area contributed by atoms with Crippen molar-refractivity contribution in [2.75, 3.05) is 50.7 Å². The van der Waals surface area contributed by atoms with Crippen LogP contribution in [0.5, 0.6) is 0 Å². The number of hydrazine groups is 1. The minimum absolute atomic E-state index is 0.00687. The van der Waals surface area contributed by atoms with Gasteiger partial charge < -0.3 is 14.2 Å². The van der Waals surface area contributed by atoms with Gasteiger partial charge in [-0.1, -0.05) is 5.16 Å². The van der Waals surface area contributed by atoms with Crippen molar-refractivity contribution in [3.05, 3.63) is 48.3 Å². The molecule has 33 heavy (non-hydrogen) atoms. The molecule has 0 atom stereocenters. The first-order valence-electron chi connectivity index (χ1n) is 10.1. The molecule has 1 aromatic carbocycles. The van der Waals surface area contributed by atoms with E-state index in [1.807, 2.05) is 4.90 Å². The predicted molar refractivity (Wildman–Crippen MR) is 119 cm³/mol. The zero-order valence-corrected chi connectivity index (χ0v) is 18.9. The molecule has 0 radical (unpaired) electrons. The van der Waals surface area contributed by atoms with E-state index in [9.17, 15) is 13.2 Å². The van der Waals surface area contributed by atoms with Crippen molar-refractivity contribution in [1.29, 1.82) is 0 Å². The topological polar surface area (TPSA) is 143 Å². The molecule has 4 rings (SSSR count). The fourth-order valence-corrected chi connectivity index (χ4v) is 4.15. The number of sulfonamides is 1. The molecule has 13 heteroatoms. The normalized spacial score (nSPS) is 14.3. The maximum absolute atomic E-state index is 13.1. The van der Waals surface area contributed by atoms with Crippen LogP contribution in [-0.4, -0.2) is 74.2 Å². The third-order valence-corrected chi connectivity index (χ3v) is 6.80. The maximum atomic E-state index is 13.1. The fourth-order valence-electron chi connectivity index (χ4n) is 3.22. The molecular weight excluding hydrogens is 450 g/mol. The average Bonchev–Trinajstić information content (AvgIpc) is 3.32. The van der Waals surface area contributed by atoms with Gasteiger partial charge in [-0.15, -0.1) is 0 Å². The summed E-state index contributed by atoms with van der Waals surface area (Å²) in [7, 11) is -0.865. The summed E-state index contributed by atoms with van der Waals surface area (Å²) in [5.74, 6) is -0.238. The van der Waals surface area contributed by atoms with Crippen LogP contribution >= 0.6 is 0 Å². The van der Waals surface area contributed by atoms with Crippen LogP contribution in [0.2, 0.25) is 0 Å². The van der Waals surface area contributed by atoms with E-state index in [0.29, 0.717) is 43.4 Å². The SMILES string of the molecule is CN(C)S(=O)(=O)c1ccc(N2CCOCC2)c(C(=O)NNc2nc(-c3ccncc3)no2)c1. The summed E-state index contributed by atoms with van der Waals surface area (Å²) in [5.41, 5.74) is 6.56. The highest BCUT2D eigenvalue weighted by molar-refractivity contribution is 7.89. The van der Waals surface area contributed by atoms with Crippen LogP contribution in [-0.2, 0) is 14.8 Å². The number of nitrogens with one attached hydrogen (secondary N) is 2. The van der Waals surface area contributed by atoms with Crippen molar-refractivity contribution < 1.29 is 22.5 Å². The molecule has 0 spiro atoms. The van der Waals surface area contributed by atoms with Gasteiger partial charge in [-0.2, -0.15) is 4.98 Å². The Kier molecular flexibility index (Phi) is 6.53. The van der Waals surface area contributed by atoms with Gasteiger partial charge in [-0.05, 0) is 30.3 Å². The third kappa shape index (κ3) is 4.94. The monoisotopic (exact) mass is 473 g/mol. The number of ether oxygens (including phenoxy) is 1. The number of aromatic nitrogens is 3. The van der Waals surface area contributed by atoms with Crippen molar-refractivity contribution in [2.45, 2.75) is 4.90 Å². The molecule has 3 heterocycles. The van der Waals surface area contributed by atoms with Crippen LogP contribution < -0.4 is 15.8 Å². The number of carbonyl (C=O) groups is 1. The highest BCUT2D eigenvalue weighted by atomic mass is 32.2. The van der Waals surface area contributed by atoms with Gasteiger partial charge >= 0.3 is 6.01 Å². The molecule has 0 saturated carbocycles. The van der Waals surface area contributed by atoms with Gasteiger partial charge in [0.1, 0.15) is 0 Å². The molecule has 2 aromatic heterocycles. The largest absolute Gasteiger partial charge is 0.378 e. The summed E-state index contributed by atoms with van der Waals surface area (Å²) in [6, 6.07) is 7.89. The summed E-state index contributed by atoms with van der Waals surface area (Å²) < 4.78 is 36.8. The number of hydrogen-bond donors (Lipinski definition) is 2. The molecule has 1 amide bonds. The number of hydrogen-bond acceptors (Lipinski definition) is 10. The Labute approximate surface area is 190 Å². The van der Waals surface area contributed by atoms with Gasteiger partial charge in [0.25, 0.3) is 5.91 Å². The van der Waals surface area contributed by atoms with Gasteiger partial charge in [0.2, 0.25) is 15.8 Å². The van der Waals surface area contributed by atoms with Crippen molar-refractivity contribution in [3.8, 4) is 11.4 Å². The summed E-state index contributed by atoms with van der Waals surface area (Å²) in [6.07, 6.45) is 3.20. The fraction of sp³-hybridized carbons (Fsp3) is 0.300. The Morgan fingerprint density at radius 1 is 1.12 bits per heavy atom. The van der Waals surface area contributed by atoms with Crippen molar-refractivity contribution in [3.63, 3.8) is 0 Å². The number of amides is 1. The highest BCUT2D eigenvalue weighted by Gasteiger charge is 2.24. The molecule has 0 bridgehead atoms. The summed E-state index contributed by atoms with van der Waals surface area (Å²) in [5, 5.41) is 3.86. The minimum atomic E-state index is -3.73. The van der Waals surface area contributed by atoms with E-state index in [1.54, 1.807) is 30.6 Å². The molecule has 12 nitrogen and oxygen atoms in total. The summed E-state index contributed by atoms with van der Waals surface area (Å²) in [4.78, 5) is 23.2. The van der Waals surface area contributed by atoms with E-state index in [4.69, 9.17) is 9.26 Å². The Bertz CT molecular complexity index is 1220. The molecule has 1 fully saturated rings. The highest BCUT2D eigenvalue weighted by Crippen LogP contribution is 2.26. The van der Waals surface area contributed by atoms with Crippen LogP contribution in [0, 0.1) is 0 Å². The number of pyridine rings is 1. The first-order valence-corrected chi connectivity index (χ1v) is 11.5. The summed E-state index contributed by atoms with van der Waals surface area (Å²) in [6.45, 7) is 2.17. The third-order valence-electron chi connectivity index (χ3n) is 4.99. The Morgan fingerprint density at radius 3 is 2.55 bits per heavy atom. The van der Waals surface area contributed by atoms with Gasteiger partial charge in [0.15, 0.2) is 0 Å². The molecule has 1 saturated heterocycles. The number of morpholine rings is 1. The quantitative estimate of drug-likeness (QED) is 0.477. The van der Waals surface area contributed by atoms with E-state index in [-0.39, 0.29) is 16.5 Å². The van der Waals surface area contributed by atoms with Crippen LogP contribution in [0.3, 0.4) is 0 Å². The molecule has 1 aliphatic rings. The lowest BCUT2D eigenvalue weighted by molar-refractivity contribution is 0.0959. The van der Waals surface area contributed by atoms with E-state index in [1.165, 1.54) is 26.2 Å². The summed E-state index contributed by atoms with van der Waals surface area (Å²) >= 11 is 0. The standard InChI is InChI=1S/C20H23N7O5S/c1-26(2)33(29,30)15-3-4-17(27-9-11-31-12-10-27)16(13-15)19(28)23-24-20-22-18(25-32-20)14-5-7-21-8-6-14/h3-8,13H,9-12H2,1-2H3,(H,23,28)(H,22,24,25). The molecule has 174 valence electrons. The predicted octanol–water partition coefficient (Wildman–Crippen LogP) is 0.975. The second kappa shape index (κ2) is 9.52. The van der Waals surface area contributed by atoms with E-state index in [0.717, 1.165) is 4.31 Å². The average molecular weight is 474 g/mol. The Balaban J connectivity index is 1.57. The van der Waals surface area contributed by atoms with Crippen LogP contribution in [0.4, 0.5) is 11.7 Å². The lowest BCUT2D eigenvalue weighted by Gasteiger charge is -2.30. The Morgan fingerprint density at radius 2 is 1.85 bits per heavy atom. The Hall–Kier alpha value is -3.55. The number of benzene rings is 1. The second-order valence-corrected chi connectivity index (χ2v) is 9.46. The van der Waals surface area contributed by atoms with Crippen molar-refractivity contribution in [1.82, 2.24) is 24.9 Å². The number of nitrogens with zero attached hydrogens (tertiary/aromatic N) is 5. The minimum Gasteiger partial charge on any atom is -0.378 e. The maximum Gasteiger partial charge on any atom is 0.340 e. The molecule has 1 aliphatic heterocycles. The zero-order valence-electron chi connectivity index (χ0n) is 18.1. The molecule has 0 unspecified atom stereocenters. The first-order chi connectivity index (χ1) is 15.9. The van der Waals surface area contributed by atoms with E-state index in [2.05, 4.69) is 26.0 Å². The zero-order chi connectivity index (χ0) is 23.4. The smallest absolute Gasteiger partial charge is 0.340 e. The van der Waals surface area contributed by atoms with Crippen molar-refractivity contribution >= 4 is 27.6 Å². The van der Waals surface area contributed by atoms with Crippen LogP contribution in [0.15, 0.2) is 52.1 Å². The first kappa shape index (κ1) is 22.6. The second-order valence-electron chi connectivity index (χ2n) is 7.30. The van der Waals surface area contributed by atoms with E-state index >= 15 is 0 Å². The van der Waals surface area contributed by atoms with Gasteiger partial charge in [0.05, 0.1) is 23.7 Å². The molecular formula is C20H23N7O5S. The van der Waals surface area contributed by atoms with Gasteiger partial charge in [-0.3, -0.25) is 15.2 Å². The number of carbonyl (C=O) groups excluding carboxylic acids is 1. The van der Waals surface area contributed by atoms with Crippen molar-refractivity contribution in [2.24, 2.45) is 0 Å². The van der Waals surface area contributed by atoms with Crippen LogP contribution in [0.25, 0.3) is 11.4 Å². The number of anilines is 2. The molecule has 3 aromatic rings. The molecule has 2 N–H and O–H groups in total. The van der Waals surface area contributed by atoms with Crippen LogP contribution in [0.1, 0.15) is 10.4 Å². The van der Waals surface area contributed by atoms with Gasteiger partial charge in [-0.25, -0.2) is 18.1 Å². The number of rotatable bonds is 7.